The number of hydrogen-bond donors (Lipinski definition) is 1. The largest absolute Gasteiger partial charge is 0.378 e. The summed E-state index contributed by atoms with van der Waals surface area (Å²) < 4.78 is 27.7. The number of fused-ring (bicyclic) bond motifs is 2. The number of primary sulfonamides is 1. The van der Waals surface area contributed by atoms with Crippen molar-refractivity contribution in [2.24, 2.45) is 21.9 Å². The van der Waals surface area contributed by atoms with Crippen LogP contribution < -0.4 is 5.14 Å². The van der Waals surface area contributed by atoms with Crippen molar-refractivity contribution in [3.63, 3.8) is 0 Å². The first-order valence-corrected chi connectivity index (χ1v) is 9.00. The van der Waals surface area contributed by atoms with E-state index in [2.05, 4.69) is 20.8 Å². The van der Waals surface area contributed by atoms with E-state index in [0.29, 0.717) is 24.5 Å². The summed E-state index contributed by atoms with van der Waals surface area (Å²) in [6, 6.07) is 0. The van der Waals surface area contributed by atoms with Crippen LogP contribution in [-0.4, -0.2) is 26.9 Å². The van der Waals surface area contributed by atoms with Crippen LogP contribution in [0.15, 0.2) is 0 Å². The van der Waals surface area contributed by atoms with Gasteiger partial charge in [-0.1, -0.05) is 20.8 Å². The highest BCUT2D eigenvalue weighted by Crippen LogP contribution is 2.66. The van der Waals surface area contributed by atoms with Gasteiger partial charge in [0.05, 0.1) is 11.9 Å². The Bertz CT molecular complexity index is 432. The first kappa shape index (κ1) is 15.3. The summed E-state index contributed by atoms with van der Waals surface area (Å²) in [6.45, 7) is 7.75. The van der Waals surface area contributed by atoms with Gasteiger partial charge in [-0.2, -0.15) is 0 Å². The Hall–Kier alpha value is -0.130. The summed E-state index contributed by atoms with van der Waals surface area (Å²) >= 11 is 0. The molecule has 0 radical (unpaired) electrons. The van der Waals surface area contributed by atoms with E-state index in [4.69, 9.17) is 9.88 Å². The number of rotatable bonds is 6. The normalized spacial score (nSPS) is 36.8. The summed E-state index contributed by atoms with van der Waals surface area (Å²) in [4.78, 5) is 0. The lowest BCUT2D eigenvalue weighted by atomic mass is 9.70. The van der Waals surface area contributed by atoms with E-state index < -0.39 is 10.0 Å². The highest BCUT2D eigenvalue weighted by Gasteiger charge is 2.61. The van der Waals surface area contributed by atoms with Crippen molar-refractivity contribution >= 4 is 10.0 Å². The summed E-state index contributed by atoms with van der Waals surface area (Å²) in [5.74, 6) is 0.846. The van der Waals surface area contributed by atoms with Crippen molar-refractivity contribution in [2.75, 3.05) is 12.4 Å². The predicted molar refractivity (Wildman–Crippen MR) is 76.2 cm³/mol. The third-order valence-corrected chi connectivity index (χ3v) is 6.71. The molecule has 2 bridgehead atoms. The van der Waals surface area contributed by atoms with Crippen LogP contribution in [0.25, 0.3) is 0 Å². The fourth-order valence-electron chi connectivity index (χ4n) is 4.01. The molecule has 0 spiro atoms. The zero-order chi connectivity index (χ0) is 14.3. The number of unbranched alkanes of at least 4 members (excludes halogenated alkanes) is 1. The molecule has 2 saturated carbocycles. The molecule has 2 fully saturated rings. The molecule has 0 heterocycles. The average Bonchev–Trinajstić information content (AvgIpc) is 2.59. The predicted octanol–water partition coefficient (Wildman–Crippen LogP) is 2.29. The Labute approximate surface area is 117 Å². The molecule has 0 aromatic heterocycles. The van der Waals surface area contributed by atoms with E-state index in [1.165, 1.54) is 19.3 Å². The second-order valence-electron chi connectivity index (χ2n) is 7.04. The van der Waals surface area contributed by atoms with Crippen molar-refractivity contribution in [3.05, 3.63) is 0 Å². The quantitative estimate of drug-likeness (QED) is 0.763. The van der Waals surface area contributed by atoms with E-state index in [1.807, 2.05) is 0 Å². The molecule has 0 saturated heterocycles. The van der Waals surface area contributed by atoms with Crippen LogP contribution in [0.4, 0.5) is 0 Å². The molecule has 4 nitrogen and oxygen atoms in total. The van der Waals surface area contributed by atoms with Crippen LogP contribution in [-0.2, 0) is 14.8 Å². The van der Waals surface area contributed by atoms with E-state index in [0.717, 1.165) is 12.3 Å². The summed E-state index contributed by atoms with van der Waals surface area (Å²) in [6.07, 6.45) is 5.46. The molecule has 2 aliphatic rings. The fraction of sp³-hybridized carbons (Fsp3) is 1.00. The summed E-state index contributed by atoms with van der Waals surface area (Å²) in [5.41, 5.74) is 0.663. The smallest absolute Gasteiger partial charge is 0.209 e. The number of sulfonamides is 1. The maximum Gasteiger partial charge on any atom is 0.209 e. The Balaban J connectivity index is 1.77. The second-order valence-corrected chi connectivity index (χ2v) is 8.78. The first-order chi connectivity index (χ1) is 8.67. The zero-order valence-electron chi connectivity index (χ0n) is 12.3. The molecule has 5 heteroatoms. The molecular weight excluding hydrogens is 262 g/mol. The van der Waals surface area contributed by atoms with Crippen molar-refractivity contribution < 1.29 is 13.2 Å². The van der Waals surface area contributed by atoms with E-state index in [1.54, 1.807) is 0 Å². The van der Waals surface area contributed by atoms with Crippen LogP contribution in [0, 0.1) is 16.7 Å². The van der Waals surface area contributed by atoms with Crippen LogP contribution >= 0.6 is 0 Å². The third-order valence-electron chi connectivity index (χ3n) is 5.86. The van der Waals surface area contributed by atoms with Gasteiger partial charge in [-0.05, 0) is 48.9 Å². The lowest BCUT2D eigenvalue weighted by Gasteiger charge is -2.38. The first-order valence-electron chi connectivity index (χ1n) is 7.29. The standard InChI is InChI=1S/C14H27NO3S/c1-13(2)11-6-7-14(13,3)12(10-11)18-8-4-5-9-19(15,16)17/h11-12H,4-10H2,1-3H3,(H2,15,16,17). The molecule has 0 aliphatic heterocycles. The Morgan fingerprint density at radius 3 is 2.42 bits per heavy atom. The third kappa shape index (κ3) is 2.83. The highest BCUT2D eigenvalue weighted by molar-refractivity contribution is 7.89. The van der Waals surface area contributed by atoms with Crippen LogP contribution in [0.3, 0.4) is 0 Å². The average molecular weight is 289 g/mol. The molecule has 2 rings (SSSR count). The van der Waals surface area contributed by atoms with Gasteiger partial charge in [-0.15, -0.1) is 0 Å². The Kier molecular flexibility index (Phi) is 4.02. The Morgan fingerprint density at radius 1 is 1.26 bits per heavy atom. The topological polar surface area (TPSA) is 69.4 Å². The summed E-state index contributed by atoms with van der Waals surface area (Å²) in [7, 11) is -3.32. The van der Waals surface area contributed by atoms with Gasteiger partial charge in [0.1, 0.15) is 0 Å². The number of nitrogens with two attached hydrogens (primary N) is 1. The van der Waals surface area contributed by atoms with Crippen molar-refractivity contribution in [3.8, 4) is 0 Å². The number of ether oxygens (including phenoxy) is 1. The van der Waals surface area contributed by atoms with Gasteiger partial charge in [0.2, 0.25) is 10.0 Å². The molecule has 0 aromatic rings. The van der Waals surface area contributed by atoms with Gasteiger partial charge in [-0.25, -0.2) is 13.6 Å². The van der Waals surface area contributed by atoms with Gasteiger partial charge < -0.3 is 4.74 Å². The van der Waals surface area contributed by atoms with Crippen LogP contribution in [0.5, 0.6) is 0 Å². The molecule has 19 heavy (non-hydrogen) atoms. The zero-order valence-corrected chi connectivity index (χ0v) is 13.1. The maximum absolute atomic E-state index is 10.8. The van der Waals surface area contributed by atoms with Gasteiger partial charge in [0, 0.05) is 6.61 Å². The fourth-order valence-corrected chi connectivity index (χ4v) is 4.62. The molecule has 112 valence electrons. The van der Waals surface area contributed by atoms with Gasteiger partial charge in [0.15, 0.2) is 0 Å². The minimum atomic E-state index is -3.32. The minimum Gasteiger partial charge on any atom is -0.378 e. The molecule has 3 unspecified atom stereocenters. The molecular formula is C14H27NO3S. The molecule has 3 atom stereocenters. The SMILES string of the molecule is CC1(C)C2CCC1(C)C(OCCCCS(N)(=O)=O)C2. The molecule has 0 aromatic carbocycles. The van der Waals surface area contributed by atoms with Crippen molar-refractivity contribution in [1.82, 2.24) is 0 Å². The monoisotopic (exact) mass is 289 g/mol. The second kappa shape index (κ2) is 5.01. The maximum atomic E-state index is 10.8. The van der Waals surface area contributed by atoms with Crippen LogP contribution in [0.1, 0.15) is 52.9 Å². The lowest BCUT2D eigenvalue weighted by Crippen LogP contribution is -2.37. The van der Waals surface area contributed by atoms with E-state index in [-0.39, 0.29) is 11.2 Å². The molecule has 2 aliphatic carbocycles. The summed E-state index contributed by atoms with van der Waals surface area (Å²) in [5, 5.41) is 4.98. The Morgan fingerprint density at radius 2 is 1.95 bits per heavy atom. The van der Waals surface area contributed by atoms with Crippen molar-refractivity contribution in [1.29, 1.82) is 0 Å². The van der Waals surface area contributed by atoms with E-state index in [9.17, 15) is 8.42 Å². The number of hydrogen-bond acceptors (Lipinski definition) is 3. The van der Waals surface area contributed by atoms with Crippen molar-refractivity contribution in [2.45, 2.75) is 59.0 Å². The van der Waals surface area contributed by atoms with Gasteiger partial charge in [-0.3, -0.25) is 0 Å². The highest BCUT2D eigenvalue weighted by atomic mass is 32.2. The van der Waals surface area contributed by atoms with Crippen LogP contribution in [0.2, 0.25) is 0 Å². The van der Waals surface area contributed by atoms with Gasteiger partial charge in [0.25, 0.3) is 0 Å². The lowest BCUT2D eigenvalue weighted by molar-refractivity contribution is -0.0471. The minimum absolute atomic E-state index is 0.0619. The van der Waals surface area contributed by atoms with Gasteiger partial charge >= 0.3 is 0 Å². The van der Waals surface area contributed by atoms with E-state index >= 15 is 0 Å². The molecule has 2 N–H and O–H groups in total. The molecule has 0 amide bonds.